The lowest BCUT2D eigenvalue weighted by atomic mass is 9.90. The van der Waals surface area contributed by atoms with Gasteiger partial charge in [-0.05, 0) is 76.3 Å². The highest BCUT2D eigenvalue weighted by atomic mass is 32.1. The fourth-order valence-corrected chi connectivity index (χ4v) is 7.54. The second-order valence-electron chi connectivity index (χ2n) is 12.4. The van der Waals surface area contributed by atoms with Crippen molar-refractivity contribution >= 4 is 41.6 Å². The molecule has 2 heterocycles. The monoisotopic (exact) mass is 531 g/mol. The van der Waals surface area contributed by atoms with Crippen molar-refractivity contribution in [2.45, 2.75) is 95.4 Å². The van der Waals surface area contributed by atoms with Crippen LogP contribution in [0.3, 0.4) is 0 Å². The van der Waals surface area contributed by atoms with E-state index in [4.69, 9.17) is 4.43 Å². The van der Waals surface area contributed by atoms with Gasteiger partial charge in [-0.3, -0.25) is 4.79 Å². The van der Waals surface area contributed by atoms with Crippen molar-refractivity contribution < 1.29 is 9.22 Å². The summed E-state index contributed by atoms with van der Waals surface area (Å²) in [5.74, 6) is 0.977. The van der Waals surface area contributed by atoms with Crippen LogP contribution in [0.25, 0.3) is 10.2 Å². The van der Waals surface area contributed by atoms with Crippen LogP contribution in [-0.4, -0.2) is 80.4 Å². The van der Waals surface area contributed by atoms with E-state index < -0.39 is 8.32 Å². The van der Waals surface area contributed by atoms with E-state index >= 15 is 0 Å². The fraction of sp³-hybridized carbons (Fsp3) is 0.741. The molecule has 0 radical (unpaired) electrons. The summed E-state index contributed by atoms with van der Waals surface area (Å²) in [6.45, 7) is 12.5. The molecule has 0 saturated heterocycles. The van der Waals surface area contributed by atoms with Crippen molar-refractivity contribution in [1.82, 2.24) is 19.8 Å². The van der Waals surface area contributed by atoms with Gasteiger partial charge in [0.2, 0.25) is 5.91 Å². The summed E-state index contributed by atoms with van der Waals surface area (Å²) in [6, 6.07) is 1.08. The Kier molecular flexibility index (Phi) is 8.15. The van der Waals surface area contributed by atoms with Crippen LogP contribution in [0, 0.1) is 0 Å². The molecule has 1 unspecified atom stereocenters. The molecule has 9 heteroatoms. The number of fused-ring (bicyclic) bond motifs is 3. The van der Waals surface area contributed by atoms with Gasteiger partial charge in [0.25, 0.3) is 0 Å². The minimum absolute atomic E-state index is 0.123. The standard InChI is InChI=1S/C27H45N5O2SSi/c1-27(2,3)36(7,8)34-16-15-32(6)26(33)20-13-14-21-22(20)23-24(28-17-29-25(23)35-21)30-18-9-11-19(12-10-18)31(4)5/h17-20H,9-16H2,1-8H3,(H,28,29,30). The number of nitrogens with one attached hydrogen (secondary N) is 1. The second kappa shape index (κ2) is 10.7. The summed E-state index contributed by atoms with van der Waals surface area (Å²) in [5.41, 5.74) is 1.17. The molecule has 4 rings (SSSR count). The van der Waals surface area contributed by atoms with Crippen molar-refractivity contribution in [2.24, 2.45) is 0 Å². The lowest BCUT2D eigenvalue weighted by Gasteiger charge is -2.36. The van der Waals surface area contributed by atoms with E-state index in [-0.39, 0.29) is 16.9 Å². The molecule has 1 atom stereocenters. The Bertz CT molecular complexity index is 1070. The second-order valence-corrected chi connectivity index (χ2v) is 18.3. The lowest BCUT2D eigenvalue weighted by Crippen LogP contribution is -2.43. The van der Waals surface area contributed by atoms with Gasteiger partial charge < -0.3 is 19.5 Å². The van der Waals surface area contributed by atoms with E-state index in [0.29, 0.717) is 25.2 Å². The number of rotatable bonds is 8. The van der Waals surface area contributed by atoms with Gasteiger partial charge in [0.05, 0.1) is 17.9 Å². The molecule has 0 aromatic carbocycles. The zero-order valence-corrected chi connectivity index (χ0v) is 25.3. The molecule has 2 aliphatic rings. The predicted molar refractivity (Wildman–Crippen MR) is 153 cm³/mol. The normalized spacial score (nSPS) is 22.8. The van der Waals surface area contributed by atoms with Crippen molar-refractivity contribution in [1.29, 1.82) is 0 Å². The molecule has 200 valence electrons. The number of likely N-dealkylation sites (N-methyl/N-ethyl adjacent to an activating group) is 1. The number of hydrogen-bond donors (Lipinski definition) is 1. The Morgan fingerprint density at radius 2 is 1.83 bits per heavy atom. The highest BCUT2D eigenvalue weighted by Crippen LogP contribution is 2.46. The SMILES string of the molecule is CN(CCO[Si](C)(C)C(C)(C)C)C(=O)C1CCc2sc3ncnc(NC4CCC(N(C)C)CC4)c3c21. The maximum atomic E-state index is 13.6. The summed E-state index contributed by atoms with van der Waals surface area (Å²) in [4.78, 5) is 29.4. The van der Waals surface area contributed by atoms with Crippen LogP contribution in [0.5, 0.6) is 0 Å². The number of thiophene rings is 1. The van der Waals surface area contributed by atoms with Crippen LogP contribution in [0.15, 0.2) is 6.33 Å². The predicted octanol–water partition coefficient (Wildman–Crippen LogP) is 5.49. The molecule has 36 heavy (non-hydrogen) atoms. The van der Waals surface area contributed by atoms with E-state index in [9.17, 15) is 4.79 Å². The van der Waals surface area contributed by atoms with Crippen LogP contribution in [-0.2, 0) is 15.6 Å². The molecule has 0 aliphatic heterocycles. The highest BCUT2D eigenvalue weighted by Gasteiger charge is 2.38. The van der Waals surface area contributed by atoms with Crippen molar-refractivity contribution in [3.8, 4) is 0 Å². The fourth-order valence-electron chi connectivity index (χ4n) is 5.29. The zero-order valence-electron chi connectivity index (χ0n) is 23.5. The Morgan fingerprint density at radius 3 is 2.47 bits per heavy atom. The number of aryl methyl sites for hydroxylation is 1. The molecule has 2 aromatic rings. The van der Waals surface area contributed by atoms with Gasteiger partial charge in [0.15, 0.2) is 8.32 Å². The minimum atomic E-state index is -1.82. The number of nitrogens with zero attached hydrogens (tertiary/aromatic N) is 4. The van der Waals surface area contributed by atoms with Crippen LogP contribution in [0.1, 0.15) is 69.2 Å². The average Bonchev–Trinajstić information content (AvgIpc) is 3.37. The summed E-state index contributed by atoms with van der Waals surface area (Å²) in [5, 5.41) is 4.99. The first-order valence-corrected chi connectivity index (χ1v) is 17.2. The number of anilines is 1. The molecule has 7 nitrogen and oxygen atoms in total. The van der Waals surface area contributed by atoms with E-state index in [1.807, 2.05) is 11.9 Å². The molecule has 1 fully saturated rings. The van der Waals surface area contributed by atoms with Gasteiger partial charge in [-0.25, -0.2) is 9.97 Å². The Labute approximate surface area is 222 Å². The third-order valence-electron chi connectivity index (χ3n) is 8.75. The van der Waals surface area contributed by atoms with Crippen LogP contribution >= 0.6 is 11.3 Å². The molecule has 1 N–H and O–H groups in total. The van der Waals surface area contributed by atoms with Crippen LogP contribution in [0.2, 0.25) is 18.1 Å². The molecular weight excluding hydrogens is 486 g/mol. The van der Waals surface area contributed by atoms with Crippen molar-refractivity contribution in [3.05, 3.63) is 16.8 Å². The molecule has 2 aliphatic carbocycles. The van der Waals surface area contributed by atoms with E-state index in [1.54, 1.807) is 17.7 Å². The van der Waals surface area contributed by atoms with E-state index in [1.165, 1.54) is 23.3 Å². The quantitative estimate of drug-likeness (QED) is 0.455. The molecule has 1 saturated carbocycles. The zero-order chi connectivity index (χ0) is 26.3. The highest BCUT2D eigenvalue weighted by molar-refractivity contribution is 7.19. The molecule has 2 aromatic heterocycles. The topological polar surface area (TPSA) is 70.6 Å². The van der Waals surface area contributed by atoms with Gasteiger partial charge >= 0.3 is 0 Å². The average molecular weight is 532 g/mol. The van der Waals surface area contributed by atoms with Gasteiger partial charge in [-0.2, -0.15) is 0 Å². The Hall–Kier alpha value is -1.55. The third-order valence-corrected chi connectivity index (χ3v) is 14.5. The maximum absolute atomic E-state index is 13.6. The van der Waals surface area contributed by atoms with Crippen molar-refractivity contribution in [3.63, 3.8) is 0 Å². The van der Waals surface area contributed by atoms with E-state index in [0.717, 1.165) is 41.7 Å². The summed E-state index contributed by atoms with van der Waals surface area (Å²) in [6.07, 6.45) is 8.15. The van der Waals surface area contributed by atoms with E-state index in [2.05, 4.69) is 68.1 Å². The number of carbonyl (C=O) groups is 1. The largest absolute Gasteiger partial charge is 0.415 e. The number of amides is 1. The summed E-state index contributed by atoms with van der Waals surface area (Å²) < 4.78 is 6.34. The number of hydrogen-bond acceptors (Lipinski definition) is 7. The molecular formula is C27H45N5O2SSi. The van der Waals surface area contributed by atoms with Crippen LogP contribution in [0.4, 0.5) is 5.82 Å². The molecule has 0 spiro atoms. The Morgan fingerprint density at radius 1 is 1.14 bits per heavy atom. The van der Waals surface area contributed by atoms with Crippen LogP contribution < -0.4 is 5.32 Å². The summed E-state index contributed by atoms with van der Waals surface area (Å²) in [7, 11) is 4.45. The van der Waals surface area contributed by atoms with Gasteiger partial charge in [0.1, 0.15) is 17.0 Å². The smallest absolute Gasteiger partial charge is 0.230 e. The van der Waals surface area contributed by atoms with Crippen molar-refractivity contribution in [2.75, 3.05) is 39.6 Å². The first-order chi connectivity index (χ1) is 16.9. The summed E-state index contributed by atoms with van der Waals surface area (Å²) >= 11 is 1.74. The lowest BCUT2D eigenvalue weighted by molar-refractivity contribution is -0.131. The molecule has 0 bridgehead atoms. The Balaban J connectivity index is 1.47. The first kappa shape index (κ1) is 27.5. The first-order valence-electron chi connectivity index (χ1n) is 13.5. The number of aromatic nitrogens is 2. The maximum Gasteiger partial charge on any atom is 0.230 e. The minimum Gasteiger partial charge on any atom is -0.415 e. The molecule has 1 amide bonds. The van der Waals surface area contributed by atoms with Gasteiger partial charge in [-0.15, -0.1) is 11.3 Å². The van der Waals surface area contributed by atoms with Gasteiger partial charge in [-0.1, -0.05) is 20.8 Å². The third kappa shape index (κ3) is 5.64. The number of carbonyl (C=O) groups excluding carboxylic acids is 1. The van der Waals surface area contributed by atoms with Gasteiger partial charge in [0, 0.05) is 30.6 Å².